The number of imidazole rings is 1. The van der Waals surface area contributed by atoms with Gasteiger partial charge in [-0.25, -0.2) is 4.98 Å². The summed E-state index contributed by atoms with van der Waals surface area (Å²) in [7, 11) is 0. The third-order valence-corrected chi connectivity index (χ3v) is 3.23. The third kappa shape index (κ3) is 4.32. The van der Waals surface area contributed by atoms with Crippen molar-refractivity contribution in [3.05, 3.63) is 53.6 Å². The van der Waals surface area contributed by atoms with Gasteiger partial charge >= 0.3 is 6.18 Å². The number of halogens is 3. The van der Waals surface area contributed by atoms with Crippen molar-refractivity contribution in [1.29, 1.82) is 0 Å². The van der Waals surface area contributed by atoms with Gasteiger partial charge in [0, 0.05) is 24.9 Å². The smallest absolute Gasteiger partial charge is 0.349 e. The third-order valence-electron chi connectivity index (χ3n) is 3.23. The Morgan fingerprint density at radius 2 is 1.95 bits per heavy atom. The minimum atomic E-state index is -4.30. The van der Waals surface area contributed by atoms with Crippen molar-refractivity contribution in [2.75, 3.05) is 6.54 Å². The van der Waals surface area contributed by atoms with Gasteiger partial charge in [-0.1, -0.05) is 19.1 Å². The Morgan fingerprint density at radius 3 is 2.48 bits per heavy atom. The Morgan fingerprint density at radius 1 is 1.24 bits per heavy atom. The molecule has 0 fully saturated rings. The predicted octanol–water partition coefficient (Wildman–Crippen LogP) is 3.71. The zero-order chi connectivity index (χ0) is 15.3. The summed E-state index contributed by atoms with van der Waals surface area (Å²) in [5.74, 6) is 0.809. The van der Waals surface area contributed by atoms with E-state index in [0.717, 1.165) is 36.5 Å². The van der Waals surface area contributed by atoms with Crippen LogP contribution in [0.15, 0.2) is 36.7 Å². The van der Waals surface area contributed by atoms with Crippen molar-refractivity contribution in [1.82, 2.24) is 15.3 Å². The molecule has 1 unspecified atom stereocenters. The first-order chi connectivity index (χ1) is 10.0. The van der Waals surface area contributed by atoms with Crippen molar-refractivity contribution < 1.29 is 13.2 Å². The van der Waals surface area contributed by atoms with Crippen LogP contribution in [0.4, 0.5) is 13.2 Å². The largest absolute Gasteiger partial charge is 0.416 e. The lowest BCUT2D eigenvalue weighted by Crippen LogP contribution is -2.24. The molecule has 1 heterocycles. The first-order valence-electron chi connectivity index (χ1n) is 6.89. The van der Waals surface area contributed by atoms with Crippen molar-refractivity contribution in [3.63, 3.8) is 0 Å². The molecule has 2 N–H and O–H groups in total. The number of rotatable bonds is 6. The molecule has 0 aliphatic heterocycles. The van der Waals surface area contributed by atoms with Crippen molar-refractivity contribution in [2.45, 2.75) is 32.0 Å². The van der Waals surface area contributed by atoms with Crippen LogP contribution in [-0.2, 0) is 12.6 Å². The molecular weight excluding hydrogens is 279 g/mol. The Labute approximate surface area is 121 Å². The first kappa shape index (κ1) is 15.6. The van der Waals surface area contributed by atoms with Crippen LogP contribution in [-0.4, -0.2) is 16.5 Å². The van der Waals surface area contributed by atoms with Crippen LogP contribution in [0.1, 0.15) is 36.3 Å². The molecule has 2 aromatic rings. The van der Waals surface area contributed by atoms with Crippen LogP contribution in [0.3, 0.4) is 0 Å². The average Bonchev–Trinajstić information content (AvgIpc) is 2.95. The van der Waals surface area contributed by atoms with Crippen LogP contribution in [0.25, 0.3) is 0 Å². The Kier molecular flexibility index (Phi) is 5.01. The van der Waals surface area contributed by atoms with Gasteiger partial charge in [0.2, 0.25) is 0 Å². The quantitative estimate of drug-likeness (QED) is 0.853. The molecule has 0 amide bonds. The Bertz CT molecular complexity index is 532. The highest BCUT2D eigenvalue weighted by atomic mass is 19.4. The molecule has 0 saturated heterocycles. The van der Waals surface area contributed by atoms with Gasteiger partial charge in [-0.05, 0) is 30.7 Å². The summed E-state index contributed by atoms with van der Waals surface area (Å²) in [5, 5.41) is 3.34. The molecular formula is C15H18F3N3. The summed E-state index contributed by atoms with van der Waals surface area (Å²) in [6.45, 7) is 2.84. The van der Waals surface area contributed by atoms with Crippen LogP contribution in [0, 0.1) is 0 Å². The van der Waals surface area contributed by atoms with Gasteiger partial charge < -0.3 is 10.3 Å². The fraction of sp³-hybridized carbons (Fsp3) is 0.400. The molecule has 0 aliphatic rings. The first-order valence-corrected chi connectivity index (χ1v) is 6.89. The normalized spacial score (nSPS) is 13.3. The number of aromatic amines is 1. The highest BCUT2D eigenvalue weighted by Gasteiger charge is 2.30. The topological polar surface area (TPSA) is 40.7 Å². The molecule has 0 saturated carbocycles. The number of hydrogen-bond donors (Lipinski definition) is 2. The summed E-state index contributed by atoms with van der Waals surface area (Å²) < 4.78 is 37.8. The van der Waals surface area contributed by atoms with Crippen LogP contribution < -0.4 is 5.32 Å². The number of aromatic nitrogens is 2. The highest BCUT2D eigenvalue weighted by molar-refractivity contribution is 5.27. The lowest BCUT2D eigenvalue weighted by atomic mass is 10.0. The van der Waals surface area contributed by atoms with E-state index < -0.39 is 11.7 Å². The van der Waals surface area contributed by atoms with E-state index in [4.69, 9.17) is 0 Å². The second-order valence-electron chi connectivity index (χ2n) is 4.87. The minimum absolute atomic E-state index is 0.0571. The zero-order valence-electron chi connectivity index (χ0n) is 11.7. The van der Waals surface area contributed by atoms with E-state index in [1.165, 1.54) is 12.1 Å². The lowest BCUT2D eigenvalue weighted by molar-refractivity contribution is -0.137. The van der Waals surface area contributed by atoms with Gasteiger partial charge in [0.1, 0.15) is 5.82 Å². The molecule has 1 aromatic carbocycles. The van der Waals surface area contributed by atoms with Crippen molar-refractivity contribution in [3.8, 4) is 0 Å². The maximum absolute atomic E-state index is 12.6. The summed E-state index contributed by atoms with van der Waals surface area (Å²) in [4.78, 5) is 7.19. The number of nitrogens with one attached hydrogen (secondary N) is 2. The van der Waals surface area contributed by atoms with Gasteiger partial charge in [-0.3, -0.25) is 0 Å². The van der Waals surface area contributed by atoms with E-state index in [-0.39, 0.29) is 6.04 Å². The summed E-state index contributed by atoms with van der Waals surface area (Å²) >= 11 is 0. The number of alkyl halides is 3. The predicted molar refractivity (Wildman–Crippen MR) is 74.8 cm³/mol. The molecule has 1 atom stereocenters. The Hall–Kier alpha value is -1.82. The van der Waals surface area contributed by atoms with Crippen molar-refractivity contribution >= 4 is 0 Å². The van der Waals surface area contributed by atoms with Gasteiger partial charge in [0.25, 0.3) is 0 Å². The molecule has 0 radical (unpaired) electrons. The SMILES string of the molecule is CCCNC(Cc1ncc[nH]1)c1ccc(C(F)(F)F)cc1. The monoisotopic (exact) mass is 297 g/mol. The van der Waals surface area contributed by atoms with Crippen LogP contribution >= 0.6 is 0 Å². The fourth-order valence-electron chi connectivity index (χ4n) is 2.13. The fourth-order valence-corrected chi connectivity index (χ4v) is 2.13. The number of H-pyrrole nitrogens is 1. The molecule has 114 valence electrons. The summed E-state index contributed by atoms with van der Waals surface area (Å²) in [5.41, 5.74) is 0.200. The van der Waals surface area contributed by atoms with E-state index in [1.807, 2.05) is 6.92 Å². The molecule has 0 bridgehead atoms. The van der Waals surface area contributed by atoms with Crippen LogP contribution in [0.2, 0.25) is 0 Å². The summed E-state index contributed by atoms with van der Waals surface area (Å²) in [6, 6.07) is 5.24. The minimum Gasteiger partial charge on any atom is -0.349 e. The highest BCUT2D eigenvalue weighted by Crippen LogP contribution is 2.30. The second kappa shape index (κ2) is 6.76. The lowest BCUT2D eigenvalue weighted by Gasteiger charge is -2.18. The van der Waals surface area contributed by atoms with E-state index in [9.17, 15) is 13.2 Å². The maximum atomic E-state index is 12.6. The maximum Gasteiger partial charge on any atom is 0.416 e. The second-order valence-corrected chi connectivity index (χ2v) is 4.87. The van der Waals surface area contributed by atoms with Gasteiger partial charge in [-0.15, -0.1) is 0 Å². The molecule has 6 heteroatoms. The molecule has 3 nitrogen and oxygen atoms in total. The number of benzene rings is 1. The van der Waals surface area contributed by atoms with E-state index in [0.29, 0.717) is 6.42 Å². The zero-order valence-corrected chi connectivity index (χ0v) is 11.7. The number of hydrogen-bond acceptors (Lipinski definition) is 2. The van der Waals surface area contributed by atoms with E-state index >= 15 is 0 Å². The van der Waals surface area contributed by atoms with Gasteiger partial charge in [0.15, 0.2) is 0 Å². The molecule has 0 aliphatic carbocycles. The van der Waals surface area contributed by atoms with Crippen molar-refractivity contribution in [2.24, 2.45) is 0 Å². The van der Waals surface area contributed by atoms with Gasteiger partial charge in [-0.2, -0.15) is 13.2 Å². The van der Waals surface area contributed by atoms with E-state index in [1.54, 1.807) is 12.4 Å². The van der Waals surface area contributed by atoms with Crippen LogP contribution in [0.5, 0.6) is 0 Å². The standard InChI is InChI=1S/C15H18F3N3/c1-2-7-19-13(10-14-20-8-9-21-14)11-3-5-12(6-4-11)15(16,17)18/h3-6,8-9,13,19H,2,7,10H2,1H3,(H,20,21). The van der Waals surface area contributed by atoms with E-state index in [2.05, 4.69) is 15.3 Å². The molecule has 1 aromatic heterocycles. The molecule has 2 rings (SSSR count). The Balaban J connectivity index is 2.15. The average molecular weight is 297 g/mol. The van der Waals surface area contributed by atoms with Gasteiger partial charge in [0.05, 0.1) is 5.56 Å². The molecule has 0 spiro atoms. The number of nitrogens with zero attached hydrogens (tertiary/aromatic N) is 1. The molecule has 21 heavy (non-hydrogen) atoms. The summed E-state index contributed by atoms with van der Waals surface area (Å²) in [6.07, 6.45) is 0.664.